The van der Waals surface area contributed by atoms with E-state index in [9.17, 15) is 10.1 Å². The van der Waals surface area contributed by atoms with E-state index in [4.69, 9.17) is 4.74 Å². The number of hydrogen-bond donors (Lipinski definition) is 0. The molecule has 0 radical (unpaired) electrons. The summed E-state index contributed by atoms with van der Waals surface area (Å²) in [5.74, 6) is 0. The van der Waals surface area contributed by atoms with E-state index in [1.165, 1.54) is 0 Å². The molecule has 0 aliphatic carbocycles. The standard InChI is InChI=1S/C15H17IN4O3/c1-11-7-17-19(8-11)10-13-9-18(4-5-23-13)14-3-2-12(16)6-15(14)20(21)22/h2-3,6-8,13H,4-5,9-10H2,1H3. The molecule has 1 aliphatic rings. The molecule has 2 aromatic rings. The normalized spacial score (nSPS) is 18.2. The van der Waals surface area contributed by atoms with E-state index in [1.807, 2.05) is 41.0 Å². The van der Waals surface area contributed by atoms with E-state index in [0.717, 1.165) is 9.13 Å². The van der Waals surface area contributed by atoms with Crippen LogP contribution in [0.2, 0.25) is 0 Å². The van der Waals surface area contributed by atoms with Crippen molar-refractivity contribution in [2.24, 2.45) is 0 Å². The topological polar surface area (TPSA) is 73.4 Å². The molecular formula is C15H17IN4O3. The summed E-state index contributed by atoms with van der Waals surface area (Å²) in [6, 6.07) is 5.32. The van der Waals surface area contributed by atoms with Crippen molar-refractivity contribution in [3.8, 4) is 0 Å². The van der Waals surface area contributed by atoms with Crippen LogP contribution in [-0.2, 0) is 11.3 Å². The lowest BCUT2D eigenvalue weighted by molar-refractivity contribution is -0.384. The summed E-state index contributed by atoms with van der Waals surface area (Å²) in [4.78, 5) is 13.0. The average Bonchev–Trinajstić information content (AvgIpc) is 2.92. The van der Waals surface area contributed by atoms with Gasteiger partial charge in [0.1, 0.15) is 5.69 Å². The van der Waals surface area contributed by atoms with Crippen molar-refractivity contribution in [2.75, 3.05) is 24.6 Å². The maximum absolute atomic E-state index is 11.3. The number of halogens is 1. The van der Waals surface area contributed by atoms with E-state index in [-0.39, 0.29) is 16.7 Å². The van der Waals surface area contributed by atoms with Crippen LogP contribution < -0.4 is 4.90 Å². The molecule has 0 spiro atoms. The Morgan fingerprint density at radius 1 is 1.52 bits per heavy atom. The number of rotatable bonds is 4. The monoisotopic (exact) mass is 428 g/mol. The van der Waals surface area contributed by atoms with Crippen molar-refractivity contribution in [3.05, 3.63) is 49.8 Å². The average molecular weight is 428 g/mol. The summed E-state index contributed by atoms with van der Waals surface area (Å²) in [6.07, 6.45) is 3.74. The van der Waals surface area contributed by atoms with E-state index in [1.54, 1.807) is 6.07 Å². The van der Waals surface area contributed by atoms with Crippen LogP contribution in [0.1, 0.15) is 5.56 Å². The van der Waals surface area contributed by atoms with Gasteiger partial charge in [-0.1, -0.05) is 0 Å². The molecule has 2 heterocycles. The molecule has 1 saturated heterocycles. The highest BCUT2D eigenvalue weighted by atomic mass is 127. The van der Waals surface area contributed by atoms with E-state index >= 15 is 0 Å². The van der Waals surface area contributed by atoms with Crippen LogP contribution in [0.15, 0.2) is 30.6 Å². The highest BCUT2D eigenvalue weighted by Gasteiger charge is 2.26. The van der Waals surface area contributed by atoms with Gasteiger partial charge in [-0.25, -0.2) is 0 Å². The minimum Gasteiger partial charge on any atom is -0.373 e. The number of aromatic nitrogens is 2. The highest BCUT2D eigenvalue weighted by molar-refractivity contribution is 14.1. The Morgan fingerprint density at radius 2 is 2.35 bits per heavy atom. The van der Waals surface area contributed by atoms with Crippen molar-refractivity contribution in [1.82, 2.24) is 9.78 Å². The van der Waals surface area contributed by atoms with Gasteiger partial charge in [-0.3, -0.25) is 14.8 Å². The van der Waals surface area contributed by atoms with Crippen LogP contribution in [0, 0.1) is 20.6 Å². The van der Waals surface area contributed by atoms with Gasteiger partial charge in [-0.15, -0.1) is 0 Å². The zero-order valence-electron chi connectivity index (χ0n) is 12.7. The van der Waals surface area contributed by atoms with Gasteiger partial charge in [0.15, 0.2) is 0 Å². The fraction of sp³-hybridized carbons (Fsp3) is 0.400. The number of benzene rings is 1. The van der Waals surface area contributed by atoms with Crippen molar-refractivity contribution in [3.63, 3.8) is 0 Å². The molecule has 0 N–H and O–H groups in total. The van der Waals surface area contributed by atoms with Gasteiger partial charge in [0, 0.05) is 28.9 Å². The maximum Gasteiger partial charge on any atom is 0.293 e. The van der Waals surface area contributed by atoms with Gasteiger partial charge in [0.2, 0.25) is 0 Å². The zero-order chi connectivity index (χ0) is 16.4. The fourth-order valence-electron chi connectivity index (χ4n) is 2.73. The lowest BCUT2D eigenvalue weighted by Crippen LogP contribution is -2.44. The molecule has 3 rings (SSSR count). The Labute approximate surface area is 147 Å². The first-order valence-corrected chi connectivity index (χ1v) is 8.40. The number of aryl methyl sites for hydroxylation is 1. The molecule has 1 fully saturated rings. The number of nitro groups is 1. The van der Waals surface area contributed by atoms with Crippen molar-refractivity contribution in [2.45, 2.75) is 19.6 Å². The summed E-state index contributed by atoms with van der Waals surface area (Å²) in [5.41, 5.74) is 1.90. The van der Waals surface area contributed by atoms with Crippen LogP contribution in [0.3, 0.4) is 0 Å². The summed E-state index contributed by atoms with van der Waals surface area (Å²) >= 11 is 2.09. The second-order valence-corrected chi connectivity index (χ2v) is 6.81. The first kappa shape index (κ1) is 16.2. The quantitative estimate of drug-likeness (QED) is 0.425. The fourth-order valence-corrected chi connectivity index (χ4v) is 3.21. The third-order valence-electron chi connectivity index (χ3n) is 3.77. The molecule has 122 valence electrons. The summed E-state index contributed by atoms with van der Waals surface area (Å²) in [5, 5.41) is 15.6. The predicted molar refractivity (Wildman–Crippen MR) is 94.7 cm³/mol. The maximum atomic E-state index is 11.3. The highest BCUT2D eigenvalue weighted by Crippen LogP contribution is 2.31. The third kappa shape index (κ3) is 3.81. The largest absolute Gasteiger partial charge is 0.373 e. The van der Waals surface area contributed by atoms with E-state index < -0.39 is 0 Å². The SMILES string of the molecule is Cc1cnn(CC2CN(c3ccc(I)cc3[N+](=O)[O-])CCO2)c1. The molecule has 8 heteroatoms. The lowest BCUT2D eigenvalue weighted by Gasteiger charge is -2.34. The molecule has 0 amide bonds. The Morgan fingerprint density at radius 3 is 3.04 bits per heavy atom. The molecule has 1 aliphatic heterocycles. The molecule has 23 heavy (non-hydrogen) atoms. The van der Waals surface area contributed by atoms with Crippen LogP contribution in [0.4, 0.5) is 11.4 Å². The molecule has 1 unspecified atom stereocenters. The van der Waals surface area contributed by atoms with Crippen molar-refractivity contribution >= 4 is 34.0 Å². The van der Waals surface area contributed by atoms with Crippen LogP contribution in [0.25, 0.3) is 0 Å². The molecule has 7 nitrogen and oxygen atoms in total. The van der Waals surface area contributed by atoms with Crippen molar-refractivity contribution in [1.29, 1.82) is 0 Å². The first-order valence-electron chi connectivity index (χ1n) is 7.32. The predicted octanol–water partition coefficient (Wildman–Crippen LogP) is 2.61. The van der Waals surface area contributed by atoms with E-state index in [0.29, 0.717) is 31.9 Å². The number of morpholine rings is 1. The second-order valence-electron chi connectivity index (χ2n) is 5.57. The molecule has 0 saturated carbocycles. The van der Waals surface area contributed by atoms with Gasteiger partial charge in [-0.05, 0) is 47.2 Å². The Hall–Kier alpha value is -1.68. The summed E-state index contributed by atoms with van der Waals surface area (Å²) in [6.45, 7) is 4.44. The molecule has 1 atom stereocenters. The summed E-state index contributed by atoms with van der Waals surface area (Å²) in [7, 11) is 0. The second kappa shape index (κ2) is 6.83. The first-order chi connectivity index (χ1) is 11.0. The Balaban J connectivity index is 1.77. The molecule has 0 bridgehead atoms. The molecule has 1 aromatic carbocycles. The van der Waals surface area contributed by atoms with Gasteiger partial charge in [-0.2, -0.15) is 5.10 Å². The van der Waals surface area contributed by atoms with Gasteiger partial charge in [0.25, 0.3) is 5.69 Å². The van der Waals surface area contributed by atoms with Gasteiger partial charge < -0.3 is 9.64 Å². The van der Waals surface area contributed by atoms with Crippen LogP contribution in [0.5, 0.6) is 0 Å². The Bertz CT molecular complexity index is 718. The van der Waals surface area contributed by atoms with Crippen LogP contribution in [-0.4, -0.2) is 40.5 Å². The van der Waals surface area contributed by atoms with Gasteiger partial charge >= 0.3 is 0 Å². The number of nitrogens with zero attached hydrogens (tertiary/aromatic N) is 4. The number of ether oxygens (including phenoxy) is 1. The number of nitro benzene ring substituents is 1. The molecule has 1 aromatic heterocycles. The molecular weight excluding hydrogens is 411 g/mol. The number of anilines is 1. The van der Waals surface area contributed by atoms with Gasteiger partial charge in [0.05, 0.1) is 30.4 Å². The lowest BCUT2D eigenvalue weighted by atomic mass is 10.2. The smallest absolute Gasteiger partial charge is 0.293 e. The summed E-state index contributed by atoms with van der Waals surface area (Å²) < 4.78 is 8.50. The minimum absolute atomic E-state index is 0.0399. The van der Waals surface area contributed by atoms with E-state index in [2.05, 4.69) is 27.7 Å². The third-order valence-corrected chi connectivity index (χ3v) is 4.44. The number of hydrogen-bond acceptors (Lipinski definition) is 5. The van der Waals surface area contributed by atoms with Crippen LogP contribution >= 0.6 is 22.6 Å². The zero-order valence-corrected chi connectivity index (χ0v) is 14.8. The Kier molecular flexibility index (Phi) is 4.81. The minimum atomic E-state index is -0.321. The van der Waals surface area contributed by atoms with Crippen molar-refractivity contribution < 1.29 is 9.66 Å².